The fourth-order valence-electron chi connectivity index (χ4n) is 1.96. The van der Waals surface area contributed by atoms with Crippen LogP contribution in [-0.4, -0.2) is 9.55 Å². The predicted octanol–water partition coefficient (Wildman–Crippen LogP) is 3.91. The maximum absolute atomic E-state index is 4.09. The molecule has 0 amide bonds. The van der Waals surface area contributed by atoms with Crippen LogP contribution in [0.3, 0.4) is 0 Å². The molecular weight excluding hydrogens is 208 g/mol. The van der Waals surface area contributed by atoms with E-state index in [1.807, 2.05) is 18.7 Å². The monoisotopic (exact) mass is 228 g/mol. The topological polar surface area (TPSA) is 17.8 Å². The Kier molecular flexibility index (Phi) is 3.97. The van der Waals surface area contributed by atoms with Gasteiger partial charge >= 0.3 is 0 Å². The predicted molar refractivity (Wildman–Crippen MR) is 71.7 cm³/mol. The molecule has 0 saturated carbocycles. The van der Waals surface area contributed by atoms with Crippen LogP contribution in [0.25, 0.3) is 0 Å². The highest BCUT2D eigenvalue weighted by atomic mass is 15.0. The van der Waals surface area contributed by atoms with Gasteiger partial charge < -0.3 is 4.57 Å². The van der Waals surface area contributed by atoms with Crippen LogP contribution in [0.1, 0.15) is 32.7 Å². The zero-order valence-electron chi connectivity index (χ0n) is 10.6. The largest absolute Gasteiger partial charge is 0.334 e. The summed E-state index contributed by atoms with van der Waals surface area (Å²) in [6.45, 7) is 4.47. The van der Waals surface area contributed by atoms with Gasteiger partial charge in [-0.25, -0.2) is 4.98 Å². The molecule has 2 atom stereocenters. The molecule has 0 aromatic carbocycles. The lowest BCUT2D eigenvalue weighted by Gasteiger charge is -2.18. The SMILES string of the molecule is CC(C=CC1=CCCC=C1)C(C)n1ccnc1. The number of imidazole rings is 1. The number of hydrogen-bond acceptors (Lipinski definition) is 1. The van der Waals surface area contributed by atoms with Crippen molar-refractivity contribution in [2.75, 3.05) is 0 Å². The van der Waals surface area contributed by atoms with E-state index < -0.39 is 0 Å². The summed E-state index contributed by atoms with van der Waals surface area (Å²) in [4.78, 5) is 4.09. The van der Waals surface area contributed by atoms with Crippen molar-refractivity contribution in [3.63, 3.8) is 0 Å². The molecule has 0 radical (unpaired) electrons. The Labute approximate surface area is 103 Å². The lowest BCUT2D eigenvalue weighted by atomic mass is 10.00. The van der Waals surface area contributed by atoms with E-state index in [2.05, 4.69) is 53.8 Å². The van der Waals surface area contributed by atoms with Gasteiger partial charge in [0.2, 0.25) is 0 Å². The number of aromatic nitrogens is 2. The average molecular weight is 228 g/mol. The van der Waals surface area contributed by atoms with E-state index in [-0.39, 0.29) is 0 Å². The third-order valence-electron chi connectivity index (χ3n) is 3.37. The van der Waals surface area contributed by atoms with Crippen molar-refractivity contribution in [3.05, 3.63) is 54.7 Å². The second-order valence-corrected chi connectivity index (χ2v) is 4.65. The minimum absolute atomic E-state index is 0.446. The third-order valence-corrected chi connectivity index (χ3v) is 3.37. The molecule has 90 valence electrons. The highest BCUT2D eigenvalue weighted by molar-refractivity contribution is 5.32. The first-order chi connectivity index (χ1) is 8.27. The summed E-state index contributed by atoms with van der Waals surface area (Å²) in [5, 5.41) is 0. The standard InChI is InChI=1S/C15H20N2/c1-13(14(2)17-11-10-16-12-17)8-9-15-6-4-3-5-7-15/h4,6-14H,3,5H2,1-2H3. The molecule has 2 unspecified atom stereocenters. The summed E-state index contributed by atoms with van der Waals surface area (Å²) in [6.07, 6.45) is 19.3. The zero-order chi connectivity index (χ0) is 12.1. The molecule has 0 fully saturated rings. The molecule has 2 heteroatoms. The van der Waals surface area contributed by atoms with E-state index in [1.165, 1.54) is 18.4 Å². The lowest BCUT2D eigenvalue weighted by Crippen LogP contribution is -2.10. The summed E-state index contributed by atoms with van der Waals surface area (Å²) in [6, 6.07) is 0.446. The first-order valence-electron chi connectivity index (χ1n) is 6.29. The number of rotatable bonds is 4. The highest BCUT2D eigenvalue weighted by Crippen LogP contribution is 2.19. The molecular formula is C15H20N2. The number of nitrogens with zero attached hydrogens (tertiary/aromatic N) is 2. The van der Waals surface area contributed by atoms with Crippen LogP contribution in [-0.2, 0) is 0 Å². The van der Waals surface area contributed by atoms with Gasteiger partial charge in [0.05, 0.1) is 6.33 Å². The van der Waals surface area contributed by atoms with Gasteiger partial charge in [0, 0.05) is 18.4 Å². The van der Waals surface area contributed by atoms with Crippen LogP contribution in [0.4, 0.5) is 0 Å². The molecule has 17 heavy (non-hydrogen) atoms. The minimum Gasteiger partial charge on any atom is -0.334 e. The van der Waals surface area contributed by atoms with Gasteiger partial charge in [0.25, 0.3) is 0 Å². The Hall–Kier alpha value is -1.57. The van der Waals surface area contributed by atoms with Crippen molar-refractivity contribution >= 4 is 0 Å². The van der Waals surface area contributed by atoms with Crippen molar-refractivity contribution in [2.45, 2.75) is 32.7 Å². The van der Waals surface area contributed by atoms with Gasteiger partial charge in [-0.1, -0.05) is 37.3 Å². The molecule has 0 bridgehead atoms. The quantitative estimate of drug-likeness (QED) is 0.764. The molecule has 1 aliphatic carbocycles. The van der Waals surface area contributed by atoms with Crippen molar-refractivity contribution in [3.8, 4) is 0 Å². The molecule has 2 rings (SSSR count). The van der Waals surface area contributed by atoms with E-state index in [9.17, 15) is 0 Å². The summed E-state index contributed by atoms with van der Waals surface area (Å²) < 4.78 is 2.15. The molecule has 0 aliphatic heterocycles. The molecule has 1 aromatic rings. The second-order valence-electron chi connectivity index (χ2n) is 4.65. The Morgan fingerprint density at radius 3 is 2.88 bits per heavy atom. The molecule has 0 N–H and O–H groups in total. The van der Waals surface area contributed by atoms with Crippen LogP contribution in [0.15, 0.2) is 54.7 Å². The Morgan fingerprint density at radius 1 is 1.35 bits per heavy atom. The molecule has 2 nitrogen and oxygen atoms in total. The lowest BCUT2D eigenvalue weighted by molar-refractivity contribution is 0.443. The first kappa shape index (κ1) is 11.9. The van der Waals surface area contributed by atoms with Gasteiger partial charge in [0.1, 0.15) is 0 Å². The fraction of sp³-hybridized carbons (Fsp3) is 0.400. The Balaban J connectivity index is 1.96. The van der Waals surface area contributed by atoms with E-state index in [0.717, 1.165) is 0 Å². The summed E-state index contributed by atoms with van der Waals surface area (Å²) >= 11 is 0. The smallest absolute Gasteiger partial charge is 0.0948 e. The van der Waals surface area contributed by atoms with Crippen LogP contribution >= 0.6 is 0 Å². The minimum atomic E-state index is 0.446. The van der Waals surface area contributed by atoms with Gasteiger partial charge in [-0.2, -0.15) is 0 Å². The van der Waals surface area contributed by atoms with E-state index in [0.29, 0.717) is 12.0 Å². The first-order valence-corrected chi connectivity index (χ1v) is 6.29. The number of allylic oxidation sites excluding steroid dienone is 6. The summed E-state index contributed by atoms with van der Waals surface area (Å²) in [5.41, 5.74) is 1.33. The second kappa shape index (κ2) is 5.67. The summed E-state index contributed by atoms with van der Waals surface area (Å²) in [7, 11) is 0. The normalized spacial score (nSPS) is 19.3. The molecule has 1 aliphatic rings. The van der Waals surface area contributed by atoms with Crippen LogP contribution in [0.5, 0.6) is 0 Å². The molecule has 1 aromatic heterocycles. The molecule has 1 heterocycles. The fourth-order valence-corrected chi connectivity index (χ4v) is 1.96. The summed E-state index contributed by atoms with van der Waals surface area (Å²) in [5.74, 6) is 0.500. The van der Waals surface area contributed by atoms with Gasteiger partial charge in [-0.15, -0.1) is 0 Å². The van der Waals surface area contributed by atoms with Gasteiger partial charge in [-0.05, 0) is 31.3 Å². The van der Waals surface area contributed by atoms with E-state index >= 15 is 0 Å². The van der Waals surface area contributed by atoms with Crippen molar-refractivity contribution in [1.82, 2.24) is 9.55 Å². The van der Waals surface area contributed by atoms with E-state index in [1.54, 1.807) is 0 Å². The van der Waals surface area contributed by atoms with Crippen LogP contribution in [0, 0.1) is 5.92 Å². The number of hydrogen-bond donors (Lipinski definition) is 0. The van der Waals surface area contributed by atoms with Crippen molar-refractivity contribution in [2.24, 2.45) is 5.92 Å². The maximum Gasteiger partial charge on any atom is 0.0948 e. The van der Waals surface area contributed by atoms with Crippen molar-refractivity contribution < 1.29 is 0 Å². The van der Waals surface area contributed by atoms with E-state index in [4.69, 9.17) is 0 Å². The maximum atomic E-state index is 4.09. The van der Waals surface area contributed by atoms with Crippen LogP contribution in [0.2, 0.25) is 0 Å². The van der Waals surface area contributed by atoms with Crippen LogP contribution < -0.4 is 0 Å². The Morgan fingerprint density at radius 2 is 2.24 bits per heavy atom. The third kappa shape index (κ3) is 3.19. The zero-order valence-corrected chi connectivity index (χ0v) is 10.6. The average Bonchev–Trinajstić information content (AvgIpc) is 2.90. The Bertz CT molecular complexity index is 424. The molecule has 0 saturated heterocycles. The highest BCUT2D eigenvalue weighted by Gasteiger charge is 2.10. The van der Waals surface area contributed by atoms with Gasteiger partial charge in [0.15, 0.2) is 0 Å². The molecule has 0 spiro atoms. The van der Waals surface area contributed by atoms with Gasteiger partial charge in [-0.3, -0.25) is 0 Å². The van der Waals surface area contributed by atoms with Crippen molar-refractivity contribution in [1.29, 1.82) is 0 Å².